The molecule has 0 spiro atoms. The van der Waals surface area contributed by atoms with Gasteiger partial charge in [-0.05, 0) is 48.5 Å². The number of nitrogens with zero attached hydrogens (tertiary/aromatic N) is 1. The standard InChI is InChI=1S/C23H16Cl3N3O2/c1-31-22-13(10-14(24)11-18(22)26)6-9-21(30)27-15-7-8-17(25)16(12-15)23-28-19-4-2-3-5-20(19)29-23/h2-12H,1H3,(H,27,30)(H,28,29). The first kappa shape index (κ1) is 21.2. The molecule has 4 rings (SSSR count). The maximum atomic E-state index is 12.5. The van der Waals surface area contributed by atoms with E-state index in [1.165, 1.54) is 13.2 Å². The molecular weight excluding hydrogens is 457 g/mol. The molecule has 0 aliphatic rings. The number of ether oxygens (including phenoxy) is 1. The molecule has 1 heterocycles. The number of H-pyrrole nitrogens is 1. The van der Waals surface area contributed by atoms with Gasteiger partial charge in [-0.2, -0.15) is 0 Å². The zero-order valence-corrected chi connectivity index (χ0v) is 18.5. The molecule has 3 aromatic carbocycles. The van der Waals surface area contributed by atoms with Gasteiger partial charge < -0.3 is 15.0 Å². The van der Waals surface area contributed by atoms with E-state index in [1.54, 1.807) is 36.4 Å². The van der Waals surface area contributed by atoms with Crippen molar-refractivity contribution in [2.75, 3.05) is 12.4 Å². The average Bonchev–Trinajstić information content (AvgIpc) is 3.17. The summed E-state index contributed by atoms with van der Waals surface area (Å²) >= 11 is 18.6. The van der Waals surface area contributed by atoms with Crippen molar-refractivity contribution in [2.45, 2.75) is 0 Å². The summed E-state index contributed by atoms with van der Waals surface area (Å²) in [6.07, 6.45) is 2.96. The van der Waals surface area contributed by atoms with Gasteiger partial charge in [0.15, 0.2) is 0 Å². The fraction of sp³-hybridized carbons (Fsp3) is 0.0435. The molecule has 0 aliphatic heterocycles. The maximum absolute atomic E-state index is 12.5. The molecule has 0 saturated carbocycles. The van der Waals surface area contributed by atoms with Crippen molar-refractivity contribution in [1.29, 1.82) is 0 Å². The number of carbonyl (C=O) groups is 1. The Balaban J connectivity index is 1.57. The van der Waals surface area contributed by atoms with Crippen LogP contribution in [-0.2, 0) is 4.79 Å². The summed E-state index contributed by atoms with van der Waals surface area (Å²) in [5.74, 6) is 0.723. The molecule has 0 aliphatic carbocycles. The van der Waals surface area contributed by atoms with E-state index in [0.717, 1.165) is 11.0 Å². The number of fused-ring (bicyclic) bond motifs is 1. The first-order chi connectivity index (χ1) is 14.9. The molecule has 2 N–H and O–H groups in total. The highest BCUT2D eigenvalue weighted by atomic mass is 35.5. The van der Waals surface area contributed by atoms with Gasteiger partial charge in [0.2, 0.25) is 5.91 Å². The molecule has 0 bridgehead atoms. The van der Waals surface area contributed by atoms with E-state index in [1.807, 2.05) is 24.3 Å². The van der Waals surface area contributed by atoms with Crippen molar-refractivity contribution < 1.29 is 9.53 Å². The van der Waals surface area contributed by atoms with Crippen LogP contribution in [0.25, 0.3) is 28.5 Å². The number of carbonyl (C=O) groups excluding carboxylic acids is 1. The molecule has 0 radical (unpaired) electrons. The molecule has 1 aromatic heterocycles. The fourth-order valence-corrected chi connectivity index (χ4v) is 3.93. The lowest BCUT2D eigenvalue weighted by molar-refractivity contribution is -0.111. The maximum Gasteiger partial charge on any atom is 0.248 e. The normalized spacial score (nSPS) is 11.2. The monoisotopic (exact) mass is 471 g/mol. The number of amides is 1. The number of aromatic nitrogens is 2. The molecule has 5 nitrogen and oxygen atoms in total. The Morgan fingerprint density at radius 3 is 2.65 bits per heavy atom. The summed E-state index contributed by atoms with van der Waals surface area (Å²) < 4.78 is 5.29. The van der Waals surface area contributed by atoms with Gasteiger partial charge in [-0.3, -0.25) is 4.79 Å². The van der Waals surface area contributed by atoms with Crippen molar-refractivity contribution in [3.05, 3.63) is 81.3 Å². The Labute approximate surface area is 193 Å². The van der Waals surface area contributed by atoms with E-state index in [0.29, 0.717) is 43.5 Å². The Morgan fingerprint density at radius 1 is 1.06 bits per heavy atom. The molecule has 156 valence electrons. The Bertz CT molecular complexity index is 1280. The van der Waals surface area contributed by atoms with E-state index < -0.39 is 0 Å². The zero-order chi connectivity index (χ0) is 22.0. The van der Waals surface area contributed by atoms with Gasteiger partial charge in [-0.1, -0.05) is 46.9 Å². The number of halogens is 3. The van der Waals surface area contributed by atoms with Crippen LogP contribution in [-0.4, -0.2) is 23.0 Å². The number of aromatic amines is 1. The van der Waals surface area contributed by atoms with E-state index in [4.69, 9.17) is 39.5 Å². The quantitative estimate of drug-likeness (QED) is 0.312. The van der Waals surface area contributed by atoms with Crippen LogP contribution in [0.2, 0.25) is 15.1 Å². The van der Waals surface area contributed by atoms with Gasteiger partial charge in [0, 0.05) is 27.9 Å². The molecule has 1 amide bonds. The van der Waals surface area contributed by atoms with Gasteiger partial charge in [-0.15, -0.1) is 0 Å². The number of anilines is 1. The molecule has 0 fully saturated rings. The van der Waals surface area contributed by atoms with Crippen LogP contribution in [0.1, 0.15) is 5.56 Å². The summed E-state index contributed by atoms with van der Waals surface area (Å²) in [6, 6.07) is 16.1. The third-order valence-corrected chi connectivity index (χ3v) is 5.36. The predicted molar refractivity (Wildman–Crippen MR) is 127 cm³/mol. The van der Waals surface area contributed by atoms with E-state index >= 15 is 0 Å². The summed E-state index contributed by atoms with van der Waals surface area (Å²) in [7, 11) is 1.50. The van der Waals surface area contributed by atoms with Crippen LogP contribution in [0.4, 0.5) is 5.69 Å². The van der Waals surface area contributed by atoms with Crippen LogP contribution in [0.3, 0.4) is 0 Å². The third-order valence-electron chi connectivity index (χ3n) is 4.53. The summed E-state index contributed by atoms with van der Waals surface area (Å²) in [6.45, 7) is 0. The minimum atomic E-state index is -0.337. The van der Waals surface area contributed by atoms with Crippen molar-refractivity contribution in [2.24, 2.45) is 0 Å². The minimum absolute atomic E-state index is 0.337. The smallest absolute Gasteiger partial charge is 0.248 e. The number of imidazole rings is 1. The second kappa shape index (κ2) is 9.02. The van der Waals surface area contributed by atoms with Crippen LogP contribution < -0.4 is 10.1 Å². The lowest BCUT2D eigenvalue weighted by Crippen LogP contribution is -2.07. The molecule has 8 heteroatoms. The van der Waals surface area contributed by atoms with Crippen molar-refractivity contribution in [3.8, 4) is 17.1 Å². The largest absolute Gasteiger partial charge is 0.495 e. The molecule has 31 heavy (non-hydrogen) atoms. The lowest BCUT2D eigenvalue weighted by Gasteiger charge is -2.08. The van der Waals surface area contributed by atoms with Crippen LogP contribution >= 0.6 is 34.8 Å². The number of nitrogens with one attached hydrogen (secondary N) is 2. The van der Waals surface area contributed by atoms with Crippen LogP contribution in [0, 0.1) is 0 Å². The second-order valence-electron chi connectivity index (χ2n) is 6.63. The lowest BCUT2D eigenvalue weighted by atomic mass is 10.1. The average molecular weight is 473 g/mol. The van der Waals surface area contributed by atoms with Gasteiger partial charge >= 0.3 is 0 Å². The Kier molecular flexibility index (Phi) is 6.18. The van der Waals surface area contributed by atoms with Crippen LogP contribution in [0.15, 0.2) is 60.7 Å². The molecule has 0 unspecified atom stereocenters. The minimum Gasteiger partial charge on any atom is -0.495 e. The van der Waals surface area contributed by atoms with E-state index in [-0.39, 0.29) is 5.91 Å². The molecule has 4 aromatic rings. The number of rotatable bonds is 5. The third kappa shape index (κ3) is 4.69. The highest BCUT2D eigenvalue weighted by Gasteiger charge is 2.11. The second-order valence-corrected chi connectivity index (χ2v) is 7.88. The first-order valence-corrected chi connectivity index (χ1v) is 10.3. The van der Waals surface area contributed by atoms with E-state index in [2.05, 4.69) is 15.3 Å². The predicted octanol–water partition coefficient (Wildman–Crippen LogP) is 6.85. The highest BCUT2D eigenvalue weighted by Crippen LogP contribution is 2.33. The van der Waals surface area contributed by atoms with Crippen LogP contribution in [0.5, 0.6) is 5.75 Å². The van der Waals surface area contributed by atoms with E-state index in [9.17, 15) is 4.79 Å². The molecule has 0 atom stereocenters. The summed E-state index contributed by atoms with van der Waals surface area (Å²) in [5, 5.41) is 4.14. The van der Waals surface area contributed by atoms with Crippen molar-refractivity contribution in [1.82, 2.24) is 9.97 Å². The molecular formula is C23H16Cl3N3O2. The molecule has 0 saturated heterocycles. The van der Waals surface area contributed by atoms with Gasteiger partial charge in [0.25, 0.3) is 0 Å². The topological polar surface area (TPSA) is 67.0 Å². The Morgan fingerprint density at radius 2 is 1.87 bits per heavy atom. The number of benzene rings is 3. The van der Waals surface area contributed by atoms with Gasteiger partial charge in [-0.25, -0.2) is 4.98 Å². The SMILES string of the molecule is COc1c(Cl)cc(Cl)cc1C=CC(=O)Nc1ccc(Cl)c(-c2nc3ccccc3[nH]2)c1. The first-order valence-electron chi connectivity index (χ1n) is 9.21. The fourth-order valence-electron chi connectivity index (χ4n) is 3.13. The highest BCUT2D eigenvalue weighted by molar-refractivity contribution is 6.36. The summed E-state index contributed by atoms with van der Waals surface area (Å²) in [4.78, 5) is 20.3. The number of hydrogen-bond acceptors (Lipinski definition) is 3. The van der Waals surface area contributed by atoms with Gasteiger partial charge in [0.1, 0.15) is 11.6 Å². The Hall–Kier alpha value is -2.99. The zero-order valence-electron chi connectivity index (χ0n) is 16.2. The number of hydrogen-bond donors (Lipinski definition) is 2. The van der Waals surface area contributed by atoms with Gasteiger partial charge in [0.05, 0.1) is 28.2 Å². The van der Waals surface area contributed by atoms with Crippen molar-refractivity contribution in [3.63, 3.8) is 0 Å². The van der Waals surface area contributed by atoms with Crippen molar-refractivity contribution >= 4 is 63.5 Å². The number of para-hydroxylation sites is 2. The summed E-state index contributed by atoms with van der Waals surface area (Å²) in [5.41, 5.74) is 3.59. The number of methoxy groups -OCH3 is 1.